The van der Waals surface area contributed by atoms with Crippen molar-refractivity contribution in [3.63, 3.8) is 0 Å². The smallest absolute Gasteiger partial charge is 0.311 e. The molecule has 1 N–H and O–H groups in total. The minimum absolute atomic E-state index is 0.130. The molecule has 6 nitrogen and oxygen atoms in total. The Kier molecular flexibility index (Phi) is 2.85. The minimum atomic E-state index is -0.641. The molecular weight excluding hydrogens is 236 g/mol. The number of phenols is 1. The highest BCUT2D eigenvalue weighted by atomic mass is 16.6. The lowest BCUT2D eigenvalue weighted by Crippen LogP contribution is -2.03. The molecular formula is C12H10N2O4. The van der Waals surface area contributed by atoms with Gasteiger partial charge in [0.25, 0.3) is 0 Å². The van der Waals surface area contributed by atoms with Crippen molar-refractivity contribution < 1.29 is 10.0 Å². The van der Waals surface area contributed by atoms with E-state index in [0.717, 1.165) is 0 Å². The molecule has 0 radical (unpaired) electrons. The highest BCUT2D eigenvalue weighted by Gasteiger charge is 2.17. The lowest BCUT2D eigenvalue weighted by atomic mass is 10.1. The summed E-state index contributed by atoms with van der Waals surface area (Å²) in [5.41, 5.74) is 0.498. The van der Waals surface area contributed by atoms with Crippen molar-refractivity contribution in [3.05, 3.63) is 62.6 Å². The van der Waals surface area contributed by atoms with Gasteiger partial charge < -0.3 is 9.67 Å². The van der Waals surface area contributed by atoms with Crippen molar-refractivity contribution in [1.82, 2.24) is 4.57 Å². The molecule has 1 aromatic heterocycles. The molecule has 0 saturated carbocycles. The fraction of sp³-hybridized carbons (Fsp3) is 0.0833. The first-order valence-electron chi connectivity index (χ1n) is 5.16. The van der Waals surface area contributed by atoms with Crippen molar-refractivity contribution in [1.29, 1.82) is 0 Å². The number of nitro benzene ring substituents is 1. The van der Waals surface area contributed by atoms with Crippen molar-refractivity contribution in [2.75, 3.05) is 0 Å². The Balaban J connectivity index is 2.60. The molecule has 6 heteroatoms. The first kappa shape index (κ1) is 11.8. The van der Waals surface area contributed by atoms with Crippen LogP contribution in [0.15, 0.2) is 41.5 Å². The number of phenolic OH excluding ortho intramolecular Hbond substituents is 1. The van der Waals surface area contributed by atoms with Crippen LogP contribution in [0.3, 0.4) is 0 Å². The Morgan fingerprint density at radius 2 is 1.83 bits per heavy atom. The summed E-state index contributed by atoms with van der Waals surface area (Å²) in [5, 5.41) is 20.4. The average molecular weight is 246 g/mol. The van der Waals surface area contributed by atoms with Gasteiger partial charge in [0.2, 0.25) is 0 Å². The Morgan fingerprint density at radius 3 is 2.39 bits per heavy atom. The van der Waals surface area contributed by atoms with Crippen LogP contribution in [0, 0.1) is 17.0 Å². The highest BCUT2D eigenvalue weighted by Crippen LogP contribution is 2.32. The second-order valence-corrected chi connectivity index (χ2v) is 3.78. The van der Waals surface area contributed by atoms with Gasteiger partial charge in [0, 0.05) is 36.2 Å². The fourth-order valence-electron chi connectivity index (χ4n) is 1.68. The Morgan fingerprint density at radius 1 is 1.22 bits per heavy atom. The van der Waals surface area contributed by atoms with Crippen LogP contribution in [0.1, 0.15) is 5.56 Å². The molecule has 0 aliphatic rings. The van der Waals surface area contributed by atoms with Crippen LogP contribution in [0.2, 0.25) is 0 Å². The zero-order valence-corrected chi connectivity index (χ0v) is 9.53. The first-order valence-corrected chi connectivity index (χ1v) is 5.16. The van der Waals surface area contributed by atoms with Crippen LogP contribution in [0.4, 0.5) is 5.69 Å². The van der Waals surface area contributed by atoms with Gasteiger partial charge in [-0.3, -0.25) is 14.9 Å². The third-order valence-electron chi connectivity index (χ3n) is 2.65. The lowest BCUT2D eigenvalue weighted by Gasteiger charge is -2.10. The van der Waals surface area contributed by atoms with Crippen molar-refractivity contribution in [2.45, 2.75) is 6.92 Å². The van der Waals surface area contributed by atoms with Gasteiger partial charge in [0.1, 0.15) is 0 Å². The van der Waals surface area contributed by atoms with Gasteiger partial charge >= 0.3 is 5.69 Å². The van der Waals surface area contributed by atoms with Crippen molar-refractivity contribution in [3.8, 4) is 11.4 Å². The minimum Gasteiger partial charge on any atom is -0.502 e. The average Bonchev–Trinajstić information content (AvgIpc) is 2.33. The molecule has 0 unspecified atom stereocenters. The maximum absolute atomic E-state index is 11.0. The van der Waals surface area contributed by atoms with Gasteiger partial charge in [-0.1, -0.05) is 0 Å². The van der Waals surface area contributed by atoms with E-state index in [2.05, 4.69) is 0 Å². The monoisotopic (exact) mass is 246 g/mol. The van der Waals surface area contributed by atoms with E-state index in [1.807, 2.05) is 0 Å². The van der Waals surface area contributed by atoms with Crippen LogP contribution < -0.4 is 5.43 Å². The molecule has 2 aromatic rings. The van der Waals surface area contributed by atoms with Crippen molar-refractivity contribution >= 4 is 5.69 Å². The third-order valence-corrected chi connectivity index (χ3v) is 2.65. The van der Waals surface area contributed by atoms with E-state index < -0.39 is 4.92 Å². The number of aromatic nitrogens is 1. The summed E-state index contributed by atoms with van der Waals surface area (Å²) < 4.78 is 1.61. The topological polar surface area (TPSA) is 85.4 Å². The Bertz CT molecular complexity index is 656. The molecule has 0 fully saturated rings. The predicted molar refractivity (Wildman–Crippen MR) is 65.1 cm³/mol. The second kappa shape index (κ2) is 4.33. The number of nitro groups is 1. The second-order valence-electron chi connectivity index (χ2n) is 3.78. The quantitative estimate of drug-likeness (QED) is 0.646. The molecule has 0 amide bonds. The summed E-state index contributed by atoms with van der Waals surface area (Å²) in [5.74, 6) is -0.365. The molecule has 0 bridgehead atoms. The van der Waals surface area contributed by atoms with Crippen LogP contribution in [0.5, 0.6) is 5.75 Å². The Hall–Kier alpha value is -2.63. The largest absolute Gasteiger partial charge is 0.502 e. The van der Waals surface area contributed by atoms with Crippen LogP contribution in [-0.2, 0) is 0 Å². The summed E-state index contributed by atoms with van der Waals surface area (Å²) in [6, 6.07) is 5.50. The number of rotatable bonds is 2. The van der Waals surface area contributed by atoms with E-state index in [1.165, 1.54) is 36.7 Å². The highest BCUT2D eigenvalue weighted by molar-refractivity contribution is 5.59. The normalized spacial score (nSPS) is 10.3. The van der Waals surface area contributed by atoms with Gasteiger partial charge in [-0.25, -0.2) is 0 Å². The molecule has 18 heavy (non-hydrogen) atoms. The summed E-state index contributed by atoms with van der Waals surface area (Å²) in [7, 11) is 0. The SMILES string of the molecule is Cc1c(-n2ccc(=O)cc2)ccc([N+](=O)[O-])c1O. The van der Waals surface area contributed by atoms with E-state index in [0.29, 0.717) is 11.3 Å². The zero-order valence-electron chi connectivity index (χ0n) is 9.53. The number of nitrogens with zero attached hydrogens (tertiary/aromatic N) is 2. The van der Waals surface area contributed by atoms with E-state index in [-0.39, 0.29) is 16.9 Å². The number of pyridine rings is 1. The van der Waals surface area contributed by atoms with E-state index in [4.69, 9.17) is 0 Å². The molecule has 2 rings (SSSR count). The molecule has 0 atom stereocenters. The number of aromatic hydroxyl groups is 1. The molecule has 92 valence electrons. The fourth-order valence-corrected chi connectivity index (χ4v) is 1.68. The summed E-state index contributed by atoms with van der Waals surface area (Å²) in [4.78, 5) is 21.0. The van der Waals surface area contributed by atoms with Gasteiger partial charge in [-0.05, 0) is 13.0 Å². The van der Waals surface area contributed by atoms with Gasteiger partial charge in [0.05, 0.1) is 10.6 Å². The predicted octanol–water partition coefficient (Wildman–Crippen LogP) is 1.76. The molecule has 1 aromatic carbocycles. The van der Waals surface area contributed by atoms with Crippen LogP contribution in [-0.4, -0.2) is 14.6 Å². The molecule has 0 saturated heterocycles. The molecule has 0 aliphatic heterocycles. The van der Waals surface area contributed by atoms with E-state index in [9.17, 15) is 20.0 Å². The van der Waals surface area contributed by atoms with Crippen LogP contribution in [0.25, 0.3) is 5.69 Å². The molecule has 0 aliphatic carbocycles. The standard InChI is InChI=1S/C12H10N2O4/c1-8-10(13-6-4-9(15)5-7-13)2-3-11(12(8)16)14(17)18/h2-7,16H,1H3. The molecule has 0 spiro atoms. The van der Waals surface area contributed by atoms with Crippen molar-refractivity contribution in [2.24, 2.45) is 0 Å². The third kappa shape index (κ3) is 1.95. The zero-order chi connectivity index (χ0) is 13.3. The lowest BCUT2D eigenvalue weighted by molar-refractivity contribution is -0.385. The number of hydrogen-bond donors (Lipinski definition) is 1. The summed E-state index contributed by atoms with van der Waals surface area (Å²) in [6.45, 7) is 1.58. The van der Waals surface area contributed by atoms with E-state index in [1.54, 1.807) is 11.5 Å². The van der Waals surface area contributed by atoms with E-state index >= 15 is 0 Å². The van der Waals surface area contributed by atoms with Crippen LogP contribution >= 0.6 is 0 Å². The molecule has 1 heterocycles. The van der Waals surface area contributed by atoms with Gasteiger partial charge in [-0.2, -0.15) is 0 Å². The maximum Gasteiger partial charge on any atom is 0.311 e. The number of benzene rings is 1. The van der Waals surface area contributed by atoms with Gasteiger partial charge in [-0.15, -0.1) is 0 Å². The summed E-state index contributed by atoms with van der Waals surface area (Å²) in [6.07, 6.45) is 3.08. The number of hydrogen-bond acceptors (Lipinski definition) is 4. The summed E-state index contributed by atoms with van der Waals surface area (Å²) >= 11 is 0. The Labute approximate surface area is 102 Å². The maximum atomic E-state index is 11.0. The first-order chi connectivity index (χ1) is 8.50. The van der Waals surface area contributed by atoms with Gasteiger partial charge in [0.15, 0.2) is 11.2 Å².